The molecule has 5 heteroatoms. The molecule has 2 rings (SSSR count). The van der Waals surface area contributed by atoms with Crippen LogP contribution in [0, 0.1) is 0 Å². The largest absolute Gasteiger partial charge is 0.384 e. The molecule has 0 spiro atoms. The standard InChI is InChI=1S/C15H26N4O/c1-4-5-6-9-18-10-7-8-13(12-18)19-16-11-14(17-19)15(2,3)20/h4-5,11,13,20H,6-10,12H2,1-3H3/b5-4-. The van der Waals surface area contributed by atoms with Crippen LogP contribution in [0.1, 0.15) is 51.8 Å². The number of aromatic nitrogens is 3. The van der Waals surface area contributed by atoms with Crippen LogP contribution >= 0.6 is 0 Å². The predicted octanol–water partition coefficient (Wildman–Crippen LogP) is 2.11. The number of aliphatic hydroxyl groups is 1. The van der Waals surface area contributed by atoms with E-state index in [0.29, 0.717) is 11.7 Å². The first-order valence-corrected chi connectivity index (χ1v) is 7.49. The average Bonchev–Trinajstić information content (AvgIpc) is 2.89. The molecule has 0 saturated carbocycles. The van der Waals surface area contributed by atoms with Gasteiger partial charge in [-0.15, -0.1) is 0 Å². The molecule has 0 aromatic carbocycles. The lowest BCUT2D eigenvalue weighted by molar-refractivity contribution is 0.0719. The molecular formula is C15H26N4O. The molecule has 1 atom stereocenters. The van der Waals surface area contributed by atoms with E-state index in [0.717, 1.165) is 32.5 Å². The van der Waals surface area contributed by atoms with Gasteiger partial charge in [-0.2, -0.15) is 15.0 Å². The normalized spacial score (nSPS) is 21.7. The summed E-state index contributed by atoms with van der Waals surface area (Å²) in [6, 6.07) is 0.324. The third-order valence-corrected chi connectivity index (χ3v) is 3.79. The Labute approximate surface area is 121 Å². The van der Waals surface area contributed by atoms with Crippen LogP contribution in [0.15, 0.2) is 18.3 Å². The van der Waals surface area contributed by atoms with Crippen LogP contribution in [-0.4, -0.2) is 44.6 Å². The first-order valence-electron chi connectivity index (χ1n) is 7.49. The molecule has 20 heavy (non-hydrogen) atoms. The Hall–Kier alpha value is -1.20. The van der Waals surface area contributed by atoms with Gasteiger partial charge in [0.1, 0.15) is 11.3 Å². The summed E-state index contributed by atoms with van der Waals surface area (Å²) < 4.78 is 0. The molecule has 0 amide bonds. The Morgan fingerprint density at radius 2 is 2.30 bits per heavy atom. The lowest BCUT2D eigenvalue weighted by atomic mass is 10.1. The number of nitrogens with zero attached hydrogens (tertiary/aromatic N) is 4. The Bertz CT molecular complexity index is 447. The van der Waals surface area contributed by atoms with Crippen LogP contribution in [0.3, 0.4) is 0 Å². The Balaban J connectivity index is 1.96. The molecule has 112 valence electrons. The van der Waals surface area contributed by atoms with Gasteiger partial charge in [0.15, 0.2) is 0 Å². The number of hydrogen-bond acceptors (Lipinski definition) is 4. The number of allylic oxidation sites excluding steroid dienone is 1. The van der Waals surface area contributed by atoms with Gasteiger partial charge in [0, 0.05) is 13.1 Å². The van der Waals surface area contributed by atoms with E-state index in [9.17, 15) is 5.11 Å². The molecule has 1 aliphatic heterocycles. The van der Waals surface area contributed by atoms with Gasteiger partial charge in [0.05, 0.1) is 12.2 Å². The Morgan fingerprint density at radius 1 is 1.50 bits per heavy atom. The summed E-state index contributed by atoms with van der Waals surface area (Å²) in [5.74, 6) is 0. The second kappa shape index (κ2) is 6.50. The lowest BCUT2D eigenvalue weighted by Gasteiger charge is -2.31. The van der Waals surface area contributed by atoms with Crippen molar-refractivity contribution in [2.75, 3.05) is 19.6 Å². The number of hydrogen-bond donors (Lipinski definition) is 1. The minimum atomic E-state index is -0.918. The number of rotatable bonds is 5. The van der Waals surface area contributed by atoms with Gasteiger partial charge < -0.3 is 10.0 Å². The highest BCUT2D eigenvalue weighted by atomic mass is 16.3. The van der Waals surface area contributed by atoms with E-state index >= 15 is 0 Å². The number of piperidine rings is 1. The van der Waals surface area contributed by atoms with Crippen molar-refractivity contribution in [3.8, 4) is 0 Å². The molecule has 1 saturated heterocycles. The fraction of sp³-hybridized carbons (Fsp3) is 0.733. The van der Waals surface area contributed by atoms with Crippen LogP contribution in [-0.2, 0) is 5.60 Å². The highest BCUT2D eigenvalue weighted by Crippen LogP contribution is 2.22. The van der Waals surface area contributed by atoms with Crippen molar-refractivity contribution in [1.29, 1.82) is 0 Å². The van der Waals surface area contributed by atoms with Crippen LogP contribution in [0.25, 0.3) is 0 Å². The van der Waals surface area contributed by atoms with Crippen molar-refractivity contribution in [3.63, 3.8) is 0 Å². The predicted molar refractivity (Wildman–Crippen MR) is 79.4 cm³/mol. The summed E-state index contributed by atoms with van der Waals surface area (Å²) in [6.07, 6.45) is 9.39. The van der Waals surface area contributed by atoms with Crippen molar-refractivity contribution in [1.82, 2.24) is 19.9 Å². The van der Waals surface area contributed by atoms with Crippen molar-refractivity contribution in [3.05, 3.63) is 24.0 Å². The van der Waals surface area contributed by atoms with E-state index in [1.807, 2.05) is 0 Å². The highest BCUT2D eigenvalue weighted by Gasteiger charge is 2.25. The molecule has 1 aromatic heterocycles. The minimum Gasteiger partial charge on any atom is -0.384 e. The first-order chi connectivity index (χ1) is 9.50. The Morgan fingerprint density at radius 3 is 2.95 bits per heavy atom. The van der Waals surface area contributed by atoms with Gasteiger partial charge in [-0.3, -0.25) is 0 Å². The zero-order valence-corrected chi connectivity index (χ0v) is 12.8. The summed E-state index contributed by atoms with van der Waals surface area (Å²) in [4.78, 5) is 4.26. The van der Waals surface area contributed by atoms with Gasteiger partial charge in [0.2, 0.25) is 0 Å². The molecule has 1 aliphatic rings. The highest BCUT2D eigenvalue weighted by molar-refractivity contribution is 5.02. The minimum absolute atomic E-state index is 0.324. The summed E-state index contributed by atoms with van der Waals surface area (Å²) in [7, 11) is 0. The zero-order chi connectivity index (χ0) is 14.6. The number of likely N-dealkylation sites (tertiary alicyclic amines) is 1. The van der Waals surface area contributed by atoms with Crippen LogP contribution < -0.4 is 0 Å². The SMILES string of the molecule is C/C=C\CCN1CCCC(n2ncc(C(C)(C)O)n2)C1. The second-order valence-electron chi connectivity index (χ2n) is 6.06. The molecule has 2 heterocycles. The van der Waals surface area contributed by atoms with Crippen molar-refractivity contribution in [2.45, 2.75) is 51.7 Å². The van der Waals surface area contributed by atoms with Crippen LogP contribution in [0.4, 0.5) is 0 Å². The maximum absolute atomic E-state index is 9.96. The van der Waals surface area contributed by atoms with E-state index < -0.39 is 5.60 Å². The van der Waals surface area contributed by atoms with Gasteiger partial charge in [-0.05, 0) is 46.6 Å². The lowest BCUT2D eigenvalue weighted by Crippen LogP contribution is -2.37. The molecule has 0 aliphatic carbocycles. The molecule has 5 nitrogen and oxygen atoms in total. The molecule has 0 radical (unpaired) electrons. The van der Waals surface area contributed by atoms with E-state index in [1.54, 1.807) is 24.8 Å². The smallest absolute Gasteiger partial charge is 0.114 e. The third-order valence-electron chi connectivity index (χ3n) is 3.79. The molecule has 1 fully saturated rings. The second-order valence-corrected chi connectivity index (χ2v) is 6.06. The molecular weight excluding hydrogens is 252 g/mol. The monoisotopic (exact) mass is 278 g/mol. The van der Waals surface area contributed by atoms with E-state index in [1.165, 1.54) is 6.42 Å². The van der Waals surface area contributed by atoms with E-state index in [-0.39, 0.29) is 0 Å². The Kier molecular flexibility index (Phi) is 4.94. The quantitative estimate of drug-likeness (QED) is 0.838. The van der Waals surface area contributed by atoms with Gasteiger partial charge in [-0.1, -0.05) is 12.2 Å². The van der Waals surface area contributed by atoms with Crippen molar-refractivity contribution < 1.29 is 5.11 Å². The third kappa shape index (κ3) is 3.90. The van der Waals surface area contributed by atoms with E-state index in [4.69, 9.17) is 0 Å². The van der Waals surface area contributed by atoms with Crippen LogP contribution in [0.2, 0.25) is 0 Å². The van der Waals surface area contributed by atoms with Crippen molar-refractivity contribution in [2.24, 2.45) is 0 Å². The van der Waals surface area contributed by atoms with Gasteiger partial charge in [-0.25, -0.2) is 0 Å². The molecule has 1 N–H and O–H groups in total. The maximum atomic E-state index is 9.96. The summed E-state index contributed by atoms with van der Waals surface area (Å²) >= 11 is 0. The van der Waals surface area contributed by atoms with Gasteiger partial charge >= 0.3 is 0 Å². The topological polar surface area (TPSA) is 54.2 Å². The fourth-order valence-electron chi connectivity index (χ4n) is 2.58. The molecule has 0 bridgehead atoms. The zero-order valence-electron chi connectivity index (χ0n) is 12.8. The summed E-state index contributed by atoms with van der Waals surface area (Å²) in [6.45, 7) is 8.80. The molecule has 1 aromatic rings. The summed E-state index contributed by atoms with van der Waals surface area (Å²) in [5.41, 5.74) is -0.276. The average molecular weight is 278 g/mol. The first kappa shape index (κ1) is 15.2. The van der Waals surface area contributed by atoms with Gasteiger partial charge in [0.25, 0.3) is 0 Å². The fourth-order valence-corrected chi connectivity index (χ4v) is 2.58. The maximum Gasteiger partial charge on any atom is 0.114 e. The van der Waals surface area contributed by atoms with Crippen LogP contribution in [0.5, 0.6) is 0 Å². The van der Waals surface area contributed by atoms with E-state index in [2.05, 4.69) is 34.2 Å². The summed E-state index contributed by atoms with van der Waals surface area (Å²) in [5, 5.41) is 18.8. The molecule has 1 unspecified atom stereocenters. The van der Waals surface area contributed by atoms with Crippen molar-refractivity contribution >= 4 is 0 Å².